The molecule has 1 aromatic rings. The van der Waals surface area contributed by atoms with Crippen molar-refractivity contribution < 1.29 is 14.6 Å². The number of anilines is 1. The molecule has 17 heavy (non-hydrogen) atoms. The van der Waals surface area contributed by atoms with Crippen molar-refractivity contribution in [2.75, 3.05) is 18.0 Å². The molecule has 5 heteroatoms. The topological polar surface area (TPSA) is 69.7 Å². The fourth-order valence-corrected chi connectivity index (χ4v) is 2.19. The van der Waals surface area contributed by atoms with E-state index in [1.165, 1.54) is 6.07 Å². The standard InChI is InChI=1S/C12H17FN2O2/c1-7(14)8-3-2-4-9(13)12(8)15-5-10(16)11(17)6-15/h2-4,7,10-11,16-17H,5-6,14H2,1H3. The largest absolute Gasteiger partial charge is 0.389 e. The van der Waals surface area contributed by atoms with Crippen LogP contribution in [0.2, 0.25) is 0 Å². The minimum absolute atomic E-state index is 0.224. The van der Waals surface area contributed by atoms with Gasteiger partial charge in [0.1, 0.15) is 5.82 Å². The Bertz CT molecular complexity index is 401. The maximum absolute atomic E-state index is 13.9. The van der Waals surface area contributed by atoms with E-state index in [4.69, 9.17) is 5.73 Å². The van der Waals surface area contributed by atoms with E-state index < -0.39 is 12.2 Å². The van der Waals surface area contributed by atoms with Crippen LogP contribution < -0.4 is 10.6 Å². The lowest BCUT2D eigenvalue weighted by atomic mass is 10.1. The Kier molecular flexibility index (Phi) is 3.33. The number of para-hydroxylation sites is 1. The Morgan fingerprint density at radius 1 is 1.35 bits per heavy atom. The van der Waals surface area contributed by atoms with Gasteiger partial charge in [-0.1, -0.05) is 12.1 Å². The molecule has 4 N–H and O–H groups in total. The van der Waals surface area contributed by atoms with E-state index >= 15 is 0 Å². The van der Waals surface area contributed by atoms with Crippen LogP contribution in [0.4, 0.5) is 10.1 Å². The number of β-amino-alcohol motifs (C(OH)–C–C–N with tert-alkyl or cyclic N) is 2. The fraction of sp³-hybridized carbons (Fsp3) is 0.500. The van der Waals surface area contributed by atoms with Crippen molar-refractivity contribution in [3.63, 3.8) is 0 Å². The number of hydrogen-bond acceptors (Lipinski definition) is 4. The average molecular weight is 240 g/mol. The number of benzene rings is 1. The molecule has 0 spiro atoms. The summed E-state index contributed by atoms with van der Waals surface area (Å²) in [5.41, 5.74) is 6.88. The lowest BCUT2D eigenvalue weighted by molar-refractivity contribution is 0.0572. The van der Waals surface area contributed by atoms with Gasteiger partial charge in [0.15, 0.2) is 0 Å². The minimum atomic E-state index is -0.837. The molecular weight excluding hydrogens is 223 g/mol. The molecule has 0 aliphatic carbocycles. The SMILES string of the molecule is CC(N)c1cccc(F)c1N1CC(O)C(O)C1. The van der Waals surface area contributed by atoms with E-state index in [9.17, 15) is 14.6 Å². The molecule has 0 amide bonds. The normalized spacial score (nSPS) is 26.3. The summed E-state index contributed by atoms with van der Waals surface area (Å²) in [7, 11) is 0. The van der Waals surface area contributed by atoms with E-state index in [0.29, 0.717) is 11.3 Å². The molecule has 1 heterocycles. The van der Waals surface area contributed by atoms with Crippen LogP contribution in [0.1, 0.15) is 18.5 Å². The van der Waals surface area contributed by atoms with E-state index in [2.05, 4.69) is 0 Å². The minimum Gasteiger partial charge on any atom is -0.389 e. The second kappa shape index (κ2) is 4.60. The lowest BCUT2D eigenvalue weighted by Crippen LogP contribution is -2.25. The zero-order chi connectivity index (χ0) is 12.6. The van der Waals surface area contributed by atoms with Gasteiger partial charge >= 0.3 is 0 Å². The maximum atomic E-state index is 13.9. The van der Waals surface area contributed by atoms with Crippen molar-refractivity contribution in [1.82, 2.24) is 0 Å². The van der Waals surface area contributed by atoms with Gasteiger partial charge in [0.25, 0.3) is 0 Å². The van der Waals surface area contributed by atoms with Gasteiger partial charge in [-0.3, -0.25) is 0 Å². The van der Waals surface area contributed by atoms with Crippen LogP contribution in [-0.2, 0) is 0 Å². The highest BCUT2D eigenvalue weighted by Crippen LogP contribution is 2.31. The summed E-state index contributed by atoms with van der Waals surface area (Å²) in [6.07, 6.45) is -1.67. The number of nitrogens with zero attached hydrogens (tertiary/aromatic N) is 1. The van der Waals surface area contributed by atoms with E-state index in [1.807, 2.05) is 0 Å². The van der Waals surface area contributed by atoms with Gasteiger partial charge in [-0.2, -0.15) is 0 Å². The monoisotopic (exact) mass is 240 g/mol. The first-order chi connectivity index (χ1) is 8.00. The van der Waals surface area contributed by atoms with Crippen molar-refractivity contribution >= 4 is 5.69 Å². The summed E-state index contributed by atoms with van der Waals surface area (Å²) in [5, 5.41) is 19.0. The molecule has 3 atom stereocenters. The van der Waals surface area contributed by atoms with Crippen molar-refractivity contribution in [3.8, 4) is 0 Å². The summed E-state index contributed by atoms with van der Waals surface area (Å²) in [4.78, 5) is 1.64. The third kappa shape index (κ3) is 2.26. The predicted molar refractivity (Wildman–Crippen MR) is 63.2 cm³/mol. The lowest BCUT2D eigenvalue weighted by Gasteiger charge is -2.23. The summed E-state index contributed by atoms with van der Waals surface area (Å²) >= 11 is 0. The van der Waals surface area contributed by atoms with E-state index in [1.54, 1.807) is 24.0 Å². The molecule has 0 saturated carbocycles. The van der Waals surface area contributed by atoms with Crippen LogP contribution >= 0.6 is 0 Å². The van der Waals surface area contributed by atoms with E-state index in [0.717, 1.165) is 0 Å². The number of aliphatic hydroxyl groups excluding tert-OH is 2. The summed E-state index contributed by atoms with van der Waals surface area (Å²) in [6.45, 7) is 2.23. The van der Waals surface area contributed by atoms with Crippen molar-refractivity contribution in [2.24, 2.45) is 5.73 Å². The Labute approximate surface area is 99.5 Å². The number of aliphatic hydroxyl groups is 2. The highest BCUT2D eigenvalue weighted by molar-refractivity contribution is 5.57. The molecular formula is C12H17FN2O2. The molecule has 3 unspecified atom stereocenters. The number of halogens is 1. The van der Waals surface area contributed by atoms with Gasteiger partial charge < -0.3 is 20.8 Å². The number of nitrogens with two attached hydrogens (primary N) is 1. The van der Waals surface area contributed by atoms with E-state index in [-0.39, 0.29) is 24.9 Å². The fourth-order valence-electron chi connectivity index (χ4n) is 2.19. The zero-order valence-electron chi connectivity index (χ0n) is 9.68. The van der Waals surface area contributed by atoms with Crippen LogP contribution in [0.15, 0.2) is 18.2 Å². The summed E-state index contributed by atoms with van der Waals surface area (Å²) in [5.74, 6) is -0.374. The van der Waals surface area contributed by atoms with Gasteiger partial charge in [-0.25, -0.2) is 4.39 Å². The van der Waals surface area contributed by atoms with Gasteiger partial charge in [0.2, 0.25) is 0 Å². The summed E-state index contributed by atoms with van der Waals surface area (Å²) in [6, 6.07) is 4.44. The molecule has 1 saturated heterocycles. The Morgan fingerprint density at radius 3 is 2.47 bits per heavy atom. The second-order valence-electron chi connectivity index (χ2n) is 4.51. The van der Waals surface area contributed by atoms with Gasteiger partial charge in [-0.05, 0) is 18.6 Å². The third-order valence-corrected chi connectivity index (χ3v) is 3.08. The highest BCUT2D eigenvalue weighted by atomic mass is 19.1. The van der Waals surface area contributed by atoms with Crippen LogP contribution in [0, 0.1) is 5.82 Å². The molecule has 2 rings (SSSR count). The molecule has 1 aromatic carbocycles. The van der Waals surface area contributed by atoms with Crippen molar-refractivity contribution in [2.45, 2.75) is 25.2 Å². The first-order valence-electron chi connectivity index (χ1n) is 5.65. The first-order valence-corrected chi connectivity index (χ1v) is 5.65. The third-order valence-electron chi connectivity index (χ3n) is 3.08. The zero-order valence-corrected chi connectivity index (χ0v) is 9.68. The number of rotatable bonds is 2. The van der Waals surface area contributed by atoms with Crippen LogP contribution in [0.3, 0.4) is 0 Å². The molecule has 1 aliphatic rings. The number of hydrogen-bond donors (Lipinski definition) is 3. The predicted octanol–water partition coefficient (Wildman–Crippen LogP) is 0.387. The Balaban J connectivity index is 2.38. The molecule has 0 radical (unpaired) electrons. The Morgan fingerprint density at radius 2 is 1.94 bits per heavy atom. The first kappa shape index (κ1) is 12.3. The summed E-state index contributed by atoms with van der Waals surface area (Å²) < 4.78 is 13.9. The van der Waals surface area contributed by atoms with Crippen molar-refractivity contribution in [3.05, 3.63) is 29.6 Å². The van der Waals surface area contributed by atoms with Crippen molar-refractivity contribution in [1.29, 1.82) is 0 Å². The quantitative estimate of drug-likeness (QED) is 0.699. The maximum Gasteiger partial charge on any atom is 0.146 e. The van der Waals surface area contributed by atoms with Crippen LogP contribution in [-0.4, -0.2) is 35.5 Å². The smallest absolute Gasteiger partial charge is 0.146 e. The van der Waals surface area contributed by atoms with Gasteiger partial charge in [-0.15, -0.1) is 0 Å². The molecule has 1 aliphatic heterocycles. The molecule has 0 aromatic heterocycles. The Hall–Kier alpha value is -1.17. The van der Waals surface area contributed by atoms with Crippen LogP contribution in [0.5, 0.6) is 0 Å². The molecule has 0 bridgehead atoms. The van der Waals surface area contributed by atoms with Gasteiger partial charge in [0, 0.05) is 19.1 Å². The highest BCUT2D eigenvalue weighted by Gasteiger charge is 2.32. The van der Waals surface area contributed by atoms with Crippen LogP contribution in [0.25, 0.3) is 0 Å². The second-order valence-corrected chi connectivity index (χ2v) is 4.51. The average Bonchev–Trinajstić information content (AvgIpc) is 2.58. The van der Waals surface area contributed by atoms with Gasteiger partial charge in [0.05, 0.1) is 17.9 Å². The molecule has 1 fully saturated rings. The molecule has 4 nitrogen and oxygen atoms in total. The molecule has 94 valence electrons.